The standard InChI is InChI=1S/C18H15NO2/c1-18(2)8-7-12-16(21-18)6-5-15-17(12)13-9-11(10-20)3-4-14(13)19-15/h3-10,19H,1-2H3. The molecule has 1 aromatic heterocycles. The average Bonchev–Trinajstić information content (AvgIpc) is 2.83. The first-order valence-electron chi connectivity index (χ1n) is 6.99. The highest BCUT2D eigenvalue weighted by molar-refractivity contribution is 6.13. The van der Waals surface area contributed by atoms with Gasteiger partial charge < -0.3 is 9.72 Å². The fraction of sp³-hybridized carbons (Fsp3) is 0.167. The van der Waals surface area contributed by atoms with E-state index in [4.69, 9.17) is 4.74 Å². The molecule has 21 heavy (non-hydrogen) atoms. The zero-order chi connectivity index (χ0) is 14.6. The van der Waals surface area contributed by atoms with Crippen LogP contribution in [0.3, 0.4) is 0 Å². The van der Waals surface area contributed by atoms with Gasteiger partial charge in [0.1, 0.15) is 17.6 Å². The molecule has 2 aromatic carbocycles. The van der Waals surface area contributed by atoms with Crippen molar-refractivity contribution < 1.29 is 9.53 Å². The summed E-state index contributed by atoms with van der Waals surface area (Å²) in [6.45, 7) is 4.08. The second-order valence-electron chi connectivity index (χ2n) is 5.99. The fourth-order valence-corrected chi connectivity index (χ4v) is 2.95. The molecule has 0 fully saturated rings. The number of rotatable bonds is 1. The number of H-pyrrole nitrogens is 1. The molecule has 0 unspecified atom stereocenters. The van der Waals surface area contributed by atoms with Crippen LogP contribution in [-0.2, 0) is 0 Å². The molecule has 3 aromatic rings. The van der Waals surface area contributed by atoms with E-state index in [1.54, 1.807) is 0 Å². The molecule has 3 heteroatoms. The summed E-state index contributed by atoms with van der Waals surface area (Å²) in [5, 5.41) is 2.16. The minimum Gasteiger partial charge on any atom is -0.483 e. The fourth-order valence-electron chi connectivity index (χ4n) is 2.95. The number of benzene rings is 2. The van der Waals surface area contributed by atoms with Crippen LogP contribution < -0.4 is 4.74 Å². The van der Waals surface area contributed by atoms with Crippen molar-refractivity contribution in [3.63, 3.8) is 0 Å². The van der Waals surface area contributed by atoms with Crippen LogP contribution in [0.25, 0.3) is 27.9 Å². The summed E-state index contributed by atoms with van der Waals surface area (Å²) in [6, 6.07) is 9.73. The molecule has 0 radical (unpaired) electrons. The van der Waals surface area contributed by atoms with Crippen molar-refractivity contribution in [2.24, 2.45) is 0 Å². The number of aromatic nitrogens is 1. The summed E-state index contributed by atoms with van der Waals surface area (Å²) in [5.74, 6) is 0.882. The topological polar surface area (TPSA) is 42.1 Å². The summed E-state index contributed by atoms with van der Waals surface area (Å²) >= 11 is 0. The normalized spacial score (nSPS) is 15.9. The maximum atomic E-state index is 11.0. The number of hydrogen-bond donors (Lipinski definition) is 1. The van der Waals surface area contributed by atoms with Gasteiger partial charge >= 0.3 is 0 Å². The number of carbonyl (C=O) groups is 1. The third-order valence-electron chi connectivity index (χ3n) is 3.95. The number of carbonyl (C=O) groups excluding carboxylic acids is 1. The quantitative estimate of drug-likeness (QED) is 0.673. The van der Waals surface area contributed by atoms with E-state index in [0.29, 0.717) is 5.56 Å². The van der Waals surface area contributed by atoms with Crippen LogP contribution in [0.2, 0.25) is 0 Å². The third kappa shape index (κ3) is 1.77. The SMILES string of the molecule is CC1(C)C=Cc2c(ccc3[nH]c4ccc(C=O)cc4c23)O1. The van der Waals surface area contributed by atoms with Gasteiger partial charge in [0.2, 0.25) is 0 Å². The first-order chi connectivity index (χ1) is 10.1. The molecule has 0 saturated carbocycles. The first-order valence-corrected chi connectivity index (χ1v) is 6.99. The van der Waals surface area contributed by atoms with Gasteiger partial charge in [0.15, 0.2) is 0 Å². The van der Waals surface area contributed by atoms with E-state index in [-0.39, 0.29) is 5.60 Å². The first kappa shape index (κ1) is 12.2. The van der Waals surface area contributed by atoms with E-state index in [0.717, 1.165) is 39.4 Å². The van der Waals surface area contributed by atoms with Gasteiger partial charge in [-0.15, -0.1) is 0 Å². The molecule has 3 nitrogen and oxygen atoms in total. The van der Waals surface area contributed by atoms with E-state index in [9.17, 15) is 4.79 Å². The summed E-state index contributed by atoms with van der Waals surface area (Å²) in [7, 11) is 0. The molecule has 2 heterocycles. The third-order valence-corrected chi connectivity index (χ3v) is 3.95. The minimum absolute atomic E-state index is 0.291. The minimum atomic E-state index is -0.291. The van der Waals surface area contributed by atoms with Crippen LogP contribution in [0.5, 0.6) is 5.75 Å². The maximum absolute atomic E-state index is 11.0. The summed E-state index contributed by atoms with van der Waals surface area (Å²) < 4.78 is 6.03. The Labute approximate surface area is 122 Å². The van der Waals surface area contributed by atoms with Crippen molar-refractivity contribution in [3.05, 3.63) is 47.5 Å². The van der Waals surface area contributed by atoms with Crippen LogP contribution in [0, 0.1) is 0 Å². The highest BCUT2D eigenvalue weighted by Gasteiger charge is 2.23. The van der Waals surface area contributed by atoms with Gasteiger partial charge in [-0.3, -0.25) is 4.79 Å². The van der Waals surface area contributed by atoms with Crippen LogP contribution in [0.4, 0.5) is 0 Å². The molecular weight excluding hydrogens is 262 g/mol. The van der Waals surface area contributed by atoms with Gasteiger partial charge in [0.05, 0.1) is 0 Å². The van der Waals surface area contributed by atoms with E-state index >= 15 is 0 Å². The Morgan fingerprint density at radius 1 is 1.14 bits per heavy atom. The van der Waals surface area contributed by atoms with Crippen molar-refractivity contribution in [1.82, 2.24) is 4.98 Å². The molecule has 0 atom stereocenters. The summed E-state index contributed by atoms with van der Waals surface area (Å²) in [5.41, 5.74) is 3.55. The number of fused-ring (bicyclic) bond motifs is 5. The van der Waals surface area contributed by atoms with E-state index in [1.807, 2.05) is 44.2 Å². The van der Waals surface area contributed by atoms with Gasteiger partial charge in [0.25, 0.3) is 0 Å². The van der Waals surface area contributed by atoms with Gasteiger partial charge in [0, 0.05) is 32.9 Å². The summed E-state index contributed by atoms with van der Waals surface area (Å²) in [6.07, 6.45) is 5.06. The van der Waals surface area contributed by atoms with Crippen LogP contribution >= 0.6 is 0 Å². The molecular formula is C18H15NO2. The molecule has 0 spiro atoms. The number of hydrogen-bond acceptors (Lipinski definition) is 2. The molecule has 0 saturated heterocycles. The van der Waals surface area contributed by atoms with E-state index < -0.39 is 0 Å². The van der Waals surface area contributed by atoms with E-state index in [1.165, 1.54) is 0 Å². The number of ether oxygens (including phenoxy) is 1. The zero-order valence-corrected chi connectivity index (χ0v) is 11.9. The summed E-state index contributed by atoms with van der Waals surface area (Å²) in [4.78, 5) is 14.4. The molecule has 0 bridgehead atoms. The van der Waals surface area contributed by atoms with Gasteiger partial charge in [-0.1, -0.05) is 6.08 Å². The number of aromatic amines is 1. The van der Waals surface area contributed by atoms with Gasteiger partial charge in [-0.05, 0) is 50.3 Å². The lowest BCUT2D eigenvalue weighted by Gasteiger charge is -2.28. The Morgan fingerprint density at radius 3 is 2.76 bits per heavy atom. The lowest BCUT2D eigenvalue weighted by atomic mass is 9.98. The second kappa shape index (κ2) is 3.98. The Hall–Kier alpha value is -2.55. The predicted octanol–water partition coefficient (Wildman–Crippen LogP) is 4.32. The van der Waals surface area contributed by atoms with E-state index in [2.05, 4.69) is 17.1 Å². The predicted molar refractivity (Wildman–Crippen MR) is 84.9 cm³/mol. The smallest absolute Gasteiger partial charge is 0.150 e. The molecule has 4 rings (SSSR count). The highest BCUT2D eigenvalue weighted by Crippen LogP contribution is 2.39. The molecule has 1 aliphatic heterocycles. The molecule has 1 N–H and O–H groups in total. The zero-order valence-electron chi connectivity index (χ0n) is 11.9. The van der Waals surface area contributed by atoms with Crippen molar-refractivity contribution >= 4 is 34.2 Å². The number of aldehydes is 1. The molecule has 104 valence electrons. The van der Waals surface area contributed by atoms with Crippen molar-refractivity contribution in [2.45, 2.75) is 19.4 Å². The second-order valence-corrected chi connectivity index (χ2v) is 5.99. The van der Waals surface area contributed by atoms with Crippen LogP contribution in [0.15, 0.2) is 36.4 Å². The Morgan fingerprint density at radius 2 is 1.95 bits per heavy atom. The highest BCUT2D eigenvalue weighted by atomic mass is 16.5. The lowest BCUT2D eigenvalue weighted by Crippen LogP contribution is -2.27. The molecule has 0 amide bonds. The lowest BCUT2D eigenvalue weighted by molar-refractivity contribution is 0.112. The monoisotopic (exact) mass is 277 g/mol. The Balaban J connectivity index is 2.11. The molecule has 1 aliphatic rings. The number of nitrogens with one attached hydrogen (secondary N) is 1. The maximum Gasteiger partial charge on any atom is 0.150 e. The van der Waals surface area contributed by atoms with Crippen molar-refractivity contribution in [1.29, 1.82) is 0 Å². The van der Waals surface area contributed by atoms with Crippen LogP contribution in [0.1, 0.15) is 29.8 Å². The average molecular weight is 277 g/mol. The van der Waals surface area contributed by atoms with Gasteiger partial charge in [-0.25, -0.2) is 0 Å². The van der Waals surface area contributed by atoms with Crippen molar-refractivity contribution in [3.8, 4) is 5.75 Å². The molecule has 0 aliphatic carbocycles. The van der Waals surface area contributed by atoms with Crippen molar-refractivity contribution in [2.75, 3.05) is 0 Å². The van der Waals surface area contributed by atoms with Gasteiger partial charge in [-0.2, -0.15) is 0 Å². The van der Waals surface area contributed by atoms with Crippen LogP contribution in [-0.4, -0.2) is 16.9 Å². The Bertz CT molecular complexity index is 916. The Kier molecular flexibility index (Phi) is 2.31. The largest absolute Gasteiger partial charge is 0.483 e.